The highest BCUT2D eigenvalue weighted by Gasteiger charge is 2.15. The molecule has 1 aromatic carbocycles. The van der Waals surface area contributed by atoms with Crippen molar-refractivity contribution in [2.24, 2.45) is 0 Å². The van der Waals surface area contributed by atoms with E-state index in [-0.39, 0.29) is 5.22 Å². The third kappa shape index (κ3) is 2.86. The molecule has 3 nitrogen and oxygen atoms in total. The Hall–Kier alpha value is -1.45. The molecule has 0 spiro atoms. The van der Waals surface area contributed by atoms with Crippen LogP contribution in [0.25, 0.3) is 0 Å². The van der Waals surface area contributed by atoms with Crippen molar-refractivity contribution in [3.05, 3.63) is 52.4 Å². The number of hydrogen-bond donors (Lipinski definition) is 1. The van der Waals surface area contributed by atoms with E-state index in [1.54, 1.807) is 19.2 Å². The van der Waals surface area contributed by atoms with Gasteiger partial charge >= 0.3 is 0 Å². The maximum Gasteiger partial charge on any atom is 0.193 e. The topological polar surface area (TPSA) is 42.6 Å². The molecule has 0 amide bonds. The summed E-state index contributed by atoms with van der Waals surface area (Å²) < 4.78 is 10.5. The smallest absolute Gasteiger partial charge is 0.193 e. The fourth-order valence-electron chi connectivity index (χ4n) is 1.88. The highest BCUT2D eigenvalue weighted by molar-refractivity contribution is 6.28. The molecule has 0 aliphatic carbocycles. The van der Waals surface area contributed by atoms with Crippen LogP contribution >= 0.6 is 11.6 Å². The minimum absolute atomic E-state index is 0.278. The van der Waals surface area contributed by atoms with Crippen molar-refractivity contribution < 1.29 is 14.3 Å². The Morgan fingerprint density at radius 2 is 2.11 bits per heavy atom. The van der Waals surface area contributed by atoms with E-state index >= 15 is 0 Å². The van der Waals surface area contributed by atoms with E-state index in [4.69, 9.17) is 20.8 Å². The first kappa shape index (κ1) is 13.0. The van der Waals surface area contributed by atoms with Gasteiger partial charge in [0.1, 0.15) is 17.6 Å². The van der Waals surface area contributed by atoms with Crippen LogP contribution in [0.1, 0.15) is 23.0 Å². The molecule has 2 aromatic rings. The van der Waals surface area contributed by atoms with Crippen LogP contribution < -0.4 is 4.74 Å². The summed E-state index contributed by atoms with van der Waals surface area (Å²) in [7, 11) is 1.62. The SMILES string of the molecule is COc1ccc(C)cc1CC(O)c1ccc(Cl)o1. The van der Waals surface area contributed by atoms with Crippen LogP contribution in [0, 0.1) is 6.92 Å². The van der Waals surface area contributed by atoms with Crippen LogP contribution in [0.2, 0.25) is 5.22 Å². The van der Waals surface area contributed by atoms with Gasteiger partial charge in [0.2, 0.25) is 0 Å². The van der Waals surface area contributed by atoms with Crippen LogP contribution in [-0.4, -0.2) is 12.2 Å². The minimum atomic E-state index is -0.729. The number of hydrogen-bond acceptors (Lipinski definition) is 3. The normalized spacial score (nSPS) is 12.4. The highest BCUT2D eigenvalue weighted by Crippen LogP contribution is 2.27. The Labute approximate surface area is 111 Å². The van der Waals surface area contributed by atoms with Crippen molar-refractivity contribution in [1.82, 2.24) is 0 Å². The molecule has 0 aliphatic rings. The molecule has 1 aromatic heterocycles. The Morgan fingerprint density at radius 3 is 2.72 bits per heavy atom. The Kier molecular flexibility index (Phi) is 3.94. The van der Waals surface area contributed by atoms with Crippen molar-refractivity contribution in [2.75, 3.05) is 7.11 Å². The molecule has 96 valence electrons. The van der Waals surface area contributed by atoms with E-state index in [2.05, 4.69) is 0 Å². The predicted octanol–water partition coefficient (Wildman–Crippen LogP) is 3.53. The summed E-state index contributed by atoms with van der Waals surface area (Å²) in [5.74, 6) is 1.22. The zero-order valence-electron chi connectivity index (χ0n) is 10.3. The zero-order valence-corrected chi connectivity index (χ0v) is 11.1. The number of ether oxygens (including phenoxy) is 1. The fraction of sp³-hybridized carbons (Fsp3) is 0.286. The lowest BCUT2D eigenvalue weighted by molar-refractivity contribution is 0.149. The molecule has 4 heteroatoms. The average Bonchev–Trinajstić information content (AvgIpc) is 2.76. The molecular formula is C14H15ClO3. The van der Waals surface area contributed by atoms with E-state index in [1.165, 1.54) is 0 Å². The molecular weight excluding hydrogens is 252 g/mol. The molecule has 1 heterocycles. The lowest BCUT2D eigenvalue weighted by atomic mass is 10.0. The third-order valence-electron chi connectivity index (χ3n) is 2.77. The summed E-state index contributed by atoms with van der Waals surface area (Å²) in [6.07, 6.45) is -0.303. The lowest BCUT2D eigenvalue weighted by Crippen LogP contribution is -2.02. The second kappa shape index (κ2) is 5.46. The molecule has 1 unspecified atom stereocenters. The first-order chi connectivity index (χ1) is 8.60. The van der Waals surface area contributed by atoms with Crippen molar-refractivity contribution in [2.45, 2.75) is 19.4 Å². The molecule has 1 atom stereocenters. The Balaban J connectivity index is 2.20. The average molecular weight is 267 g/mol. The summed E-state index contributed by atoms with van der Waals surface area (Å²) in [4.78, 5) is 0. The fourth-order valence-corrected chi connectivity index (χ4v) is 2.04. The third-order valence-corrected chi connectivity index (χ3v) is 2.97. The van der Waals surface area contributed by atoms with Crippen LogP contribution in [0.4, 0.5) is 0 Å². The van der Waals surface area contributed by atoms with E-state index in [1.807, 2.05) is 25.1 Å². The maximum atomic E-state index is 10.1. The zero-order chi connectivity index (χ0) is 13.1. The van der Waals surface area contributed by atoms with Crippen molar-refractivity contribution in [3.63, 3.8) is 0 Å². The van der Waals surface area contributed by atoms with Gasteiger partial charge < -0.3 is 14.3 Å². The molecule has 0 saturated heterocycles. The van der Waals surface area contributed by atoms with Gasteiger partial charge in [0.15, 0.2) is 5.22 Å². The molecule has 1 N–H and O–H groups in total. The van der Waals surface area contributed by atoms with Gasteiger partial charge in [-0.25, -0.2) is 0 Å². The van der Waals surface area contributed by atoms with Gasteiger partial charge in [-0.15, -0.1) is 0 Å². The van der Waals surface area contributed by atoms with Crippen LogP contribution in [0.3, 0.4) is 0 Å². The molecule has 0 saturated carbocycles. The molecule has 18 heavy (non-hydrogen) atoms. The number of aliphatic hydroxyl groups excluding tert-OH is 1. The molecule has 0 radical (unpaired) electrons. The summed E-state index contributed by atoms with van der Waals surface area (Å²) >= 11 is 5.69. The van der Waals surface area contributed by atoms with E-state index in [9.17, 15) is 5.11 Å². The number of furan rings is 1. The largest absolute Gasteiger partial charge is 0.496 e. The van der Waals surface area contributed by atoms with Crippen LogP contribution in [-0.2, 0) is 6.42 Å². The summed E-state index contributed by atoms with van der Waals surface area (Å²) in [6.45, 7) is 2.00. The molecule has 0 fully saturated rings. The number of aliphatic hydroxyl groups is 1. The molecule has 0 bridgehead atoms. The van der Waals surface area contributed by atoms with E-state index < -0.39 is 6.10 Å². The minimum Gasteiger partial charge on any atom is -0.496 e. The van der Waals surface area contributed by atoms with Gasteiger partial charge in [-0.3, -0.25) is 0 Å². The quantitative estimate of drug-likeness (QED) is 0.921. The van der Waals surface area contributed by atoms with Gasteiger partial charge in [0, 0.05) is 6.42 Å². The molecule has 0 aliphatic heterocycles. The first-order valence-electron chi connectivity index (χ1n) is 5.67. The number of methoxy groups -OCH3 is 1. The summed E-state index contributed by atoms with van der Waals surface area (Å²) in [5, 5.41) is 10.4. The first-order valence-corrected chi connectivity index (χ1v) is 6.04. The van der Waals surface area contributed by atoms with Gasteiger partial charge in [-0.2, -0.15) is 0 Å². The summed E-state index contributed by atoms with van der Waals surface area (Å²) in [6, 6.07) is 9.15. The maximum absolute atomic E-state index is 10.1. The number of halogens is 1. The second-order valence-corrected chi connectivity index (χ2v) is 4.55. The van der Waals surface area contributed by atoms with Crippen molar-refractivity contribution in [1.29, 1.82) is 0 Å². The Bertz CT molecular complexity index is 534. The van der Waals surface area contributed by atoms with E-state index in [0.29, 0.717) is 12.2 Å². The monoisotopic (exact) mass is 266 g/mol. The summed E-state index contributed by atoms with van der Waals surface area (Å²) in [5.41, 5.74) is 2.06. The number of aryl methyl sites for hydroxylation is 1. The highest BCUT2D eigenvalue weighted by atomic mass is 35.5. The number of rotatable bonds is 4. The van der Waals surface area contributed by atoms with E-state index in [0.717, 1.165) is 16.9 Å². The predicted molar refractivity (Wildman–Crippen MR) is 70.1 cm³/mol. The second-order valence-electron chi connectivity index (χ2n) is 4.18. The molecule has 2 rings (SSSR count). The Morgan fingerprint density at radius 1 is 1.33 bits per heavy atom. The van der Waals surface area contributed by atoms with Crippen LogP contribution in [0.5, 0.6) is 5.75 Å². The van der Waals surface area contributed by atoms with Gasteiger partial charge in [0.25, 0.3) is 0 Å². The van der Waals surface area contributed by atoms with Gasteiger partial charge in [-0.1, -0.05) is 17.7 Å². The van der Waals surface area contributed by atoms with Gasteiger partial charge in [0.05, 0.1) is 7.11 Å². The standard InChI is InChI=1S/C14H15ClO3/c1-9-3-4-12(17-2)10(7-9)8-11(16)13-5-6-14(15)18-13/h3-7,11,16H,8H2,1-2H3. The van der Waals surface area contributed by atoms with Crippen molar-refractivity contribution >= 4 is 11.6 Å². The lowest BCUT2D eigenvalue weighted by Gasteiger charge is -2.12. The van der Waals surface area contributed by atoms with Gasteiger partial charge in [-0.05, 0) is 42.3 Å². The van der Waals surface area contributed by atoms with Crippen LogP contribution in [0.15, 0.2) is 34.7 Å². The number of benzene rings is 1. The van der Waals surface area contributed by atoms with Crippen molar-refractivity contribution in [3.8, 4) is 5.75 Å².